The van der Waals surface area contributed by atoms with Crippen molar-refractivity contribution in [3.8, 4) is 0 Å². The van der Waals surface area contributed by atoms with Crippen molar-refractivity contribution in [1.29, 1.82) is 0 Å². The Morgan fingerprint density at radius 3 is 2.45 bits per heavy atom. The molecule has 1 aromatic rings. The molecule has 0 saturated carbocycles. The van der Waals surface area contributed by atoms with Gasteiger partial charge in [-0.2, -0.15) is 0 Å². The highest BCUT2D eigenvalue weighted by Gasteiger charge is 2.43. The third kappa shape index (κ3) is 3.90. The lowest BCUT2D eigenvalue weighted by molar-refractivity contribution is -0.235. The number of nitrogens with one attached hydrogen (secondary N) is 1. The minimum atomic E-state index is -1.52. The molecule has 0 radical (unpaired) electrons. The van der Waals surface area contributed by atoms with E-state index in [1.54, 1.807) is 6.08 Å². The highest BCUT2D eigenvalue weighted by Crippen LogP contribution is 2.19. The van der Waals surface area contributed by atoms with E-state index in [1.165, 1.54) is 6.08 Å². The van der Waals surface area contributed by atoms with Gasteiger partial charge < -0.3 is 30.5 Å². The number of aliphatic hydroxyl groups is 4. The molecule has 0 unspecified atom stereocenters. The zero-order valence-electron chi connectivity index (χ0n) is 11.7. The lowest BCUT2D eigenvalue weighted by Crippen LogP contribution is -2.63. The van der Waals surface area contributed by atoms with Crippen molar-refractivity contribution in [2.75, 3.05) is 6.61 Å². The summed E-state index contributed by atoms with van der Waals surface area (Å²) in [6.07, 6.45) is -3.89. The Morgan fingerprint density at radius 1 is 1.14 bits per heavy atom. The van der Waals surface area contributed by atoms with Gasteiger partial charge in [0.05, 0.1) is 6.61 Å². The van der Waals surface area contributed by atoms with Crippen LogP contribution in [0, 0.1) is 0 Å². The van der Waals surface area contributed by atoms with E-state index in [0.29, 0.717) is 0 Å². The maximum absolute atomic E-state index is 11.8. The quantitative estimate of drug-likeness (QED) is 0.437. The summed E-state index contributed by atoms with van der Waals surface area (Å²) in [6, 6.07) is 9.14. The number of amides is 1. The number of carbonyl (C=O) groups is 1. The van der Waals surface area contributed by atoms with Gasteiger partial charge in [0.25, 0.3) is 0 Å². The summed E-state index contributed by atoms with van der Waals surface area (Å²) in [6.45, 7) is -0.544. The van der Waals surface area contributed by atoms with Crippen molar-refractivity contribution >= 4 is 12.0 Å². The second-order valence-electron chi connectivity index (χ2n) is 5.00. The van der Waals surface area contributed by atoms with Gasteiger partial charge in [-0.15, -0.1) is 0 Å². The third-order valence-corrected chi connectivity index (χ3v) is 3.40. The molecule has 0 bridgehead atoms. The minimum Gasteiger partial charge on any atom is -0.394 e. The highest BCUT2D eigenvalue weighted by atomic mass is 16.6. The molecule has 0 spiro atoms. The molecule has 2 rings (SSSR count). The van der Waals surface area contributed by atoms with E-state index in [4.69, 9.17) is 9.84 Å². The molecule has 0 aliphatic carbocycles. The lowest BCUT2D eigenvalue weighted by atomic mass is 9.98. The average molecular weight is 309 g/mol. The Balaban J connectivity index is 1.97. The lowest BCUT2D eigenvalue weighted by Gasteiger charge is -2.39. The highest BCUT2D eigenvalue weighted by molar-refractivity contribution is 5.91. The second kappa shape index (κ2) is 7.48. The molecule has 1 aromatic carbocycles. The summed E-state index contributed by atoms with van der Waals surface area (Å²) in [4.78, 5) is 11.8. The van der Waals surface area contributed by atoms with Crippen LogP contribution in [0.15, 0.2) is 36.4 Å². The summed E-state index contributed by atoms with van der Waals surface area (Å²) in [7, 11) is 0. The number of benzene rings is 1. The van der Waals surface area contributed by atoms with Crippen LogP contribution in [0.25, 0.3) is 6.08 Å². The smallest absolute Gasteiger partial charge is 0.246 e. The van der Waals surface area contributed by atoms with Gasteiger partial charge in [-0.3, -0.25) is 4.79 Å². The molecule has 1 saturated heterocycles. The minimum absolute atomic E-state index is 0.534. The molecule has 7 heteroatoms. The molecular weight excluding hydrogens is 290 g/mol. The number of aliphatic hydroxyl groups excluding tert-OH is 4. The van der Waals surface area contributed by atoms with Crippen LogP contribution in [0.2, 0.25) is 0 Å². The Kier molecular flexibility index (Phi) is 5.64. The Hall–Kier alpha value is -1.77. The molecule has 1 amide bonds. The second-order valence-corrected chi connectivity index (χ2v) is 5.00. The first-order valence-electron chi connectivity index (χ1n) is 6.87. The van der Waals surface area contributed by atoms with Crippen molar-refractivity contribution < 1.29 is 30.0 Å². The normalized spacial score (nSPS) is 32.1. The Morgan fingerprint density at radius 2 is 1.82 bits per heavy atom. The third-order valence-electron chi connectivity index (χ3n) is 3.40. The maximum atomic E-state index is 11.8. The largest absolute Gasteiger partial charge is 0.394 e. The molecule has 1 aliphatic heterocycles. The van der Waals surface area contributed by atoms with Crippen molar-refractivity contribution in [1.82, 2.24) is 5.32 Å². The summed E-state index contributed by atoms with van der Waals surface area (Å²) in [5, 5.41) is 40.5. The van der Waals surface area contributed by atoms with Gasteiger partial charge in [-0.1, -0.05) is 30.3 Å². The van der Waals surface area contributed by atoms with Gasteiger partial charge in [0.1, 0.15) is 24.4 Å². The van der Waals surface area contributed by atoms with Gasteiger partial charge in [0.15, 0.2) is 6.23 Å². The molecular formula is C15H19NO6. The van der Waals surface area contributed by atoms with E-state index in [-0.39, 0.29) is 0 Å². The van der Waals surface area contributed by atoms with Crippen LogP contribution in [-0.2, 0) is 9.53 Å². The fraction of sp³-hybridized carbons (Fsp3) is 0.400. The number of rotatable bonds is 4. The van der Waals surface area contributed by atoms with Crippen LogP contribution in [0.4, 0.5) is 0 Å². The van der Waals surface area contributed by atoms with Crippen LogP contribution in [0.1, 0.15) is 5.56 Å². The molecule has 1 fully saturated rings. The van der Waals surface area contributed by atoms with Crippen molar-refractivity contribution in [3.05, 3.63) is 42.0 Å². The first kappa shape index (κ1) is 16.6. The molecule has 22 heavy (non-hydrogen) atoms. The zero-order valence-corrected chi connectivity index (χ0v) is 11.7. The van der Waals surface area contributed by atoms with Crippen LogP contribution < -0.4 is 5.32 Å². The fourth-order valence-corrected chi connectivity index (χ4v) is 2.15. The van der Waals surface area contributed by atoms with Crippen molar-refractivity contribution in [2.24, 2.45) is 0 Å². The molecule has 5 N–H and O–H groups in total. The van der Waals surface area contributed by atoms with Gasteiger partial charge in [0.2, 0.25) is 5.91 Å². The molecule has 0 aromatic heterocycles. The van der Waals surface area contributed by atoms with E-state index >= 15 is 0 Å². The molecule has 1 aliphatic rings. The van der Waals surface area contributed by atoms with Gasteiger partial charge >= 0.3 is 0 Å². The number of hydrogen-bond donors (Lipinski definition) is 5. The van der Waals surface area contributed by atoms with Crippen LogP contribution in [0.3, 0.4) is 0 Å². The van der Waals surface area contributed by atoms with E-state index in [2.05, 4.69) is 5.32 Å². The summed E-state index contributed by atoms with van der Waals surface area (Å²) in [5.41, 5.74) is 0.825. The number of hydrogen-bond acceptors (Lipinski definition) is 6. The van der Waals surface area contributed by atoms with Gasteiger partial charge in [-0.25, -0.2) is 0 Å². The van der Waals surface area contributed by atoms with Crippen LogP contribution in [-0.4, -0.2) is 63.6 Å². The maximum Gasteiger partial charge on any atom is 0.246 e. The van der Waals surface area contributed by atoms with E-state index in [9.17, 15) is 20.1 Å². The molecule has 7 nitrogen and oxygen atoms in total. The predicted octanol–water partition coefficient (Wildman–Crippen LogP) is -1.38. The number of ether oxygens (including phenoxy) is 1. The molecule has 120 valence electrons. The summed E-state index contributed by atoms with van der Waals surface area (Å²) >= 11 is 0. The Labute approximate surface area is 127 Å². The predicted molar refractivity (Wildman–Crippen MR) is 77.4 cm³/mol. The van der Waals surface area contributed by atoms with E-state index in [1.807, 2.05) is 30.3 Å². The number of carbonyl (C=O) groups excluding carboxylic acids is 1. The topological polar surface area (TPSA) is 119 Å². The zero-order chi connectivity index (χ0) is 16.1. The van der Waals surface area contributed by atoms with E-state index < -0.39 is 43.2 Å². The van der Waals surface area contributed by atoms with Crippen molar-refractivity contribution in [2.45, 2.75) is 30.6 Å². The average Bonchev–Trinajstić information content (AvgIpc) is 2.54. The van der Waals surface area contributed by atoms with Crippen LogP contribution >= 0.6 is 0 Å². The SMILES string of the molecule is O=C(C=Cc1ccccc1)N[C@@H]1O[C@H](CO)[C@@H](O)[C@H](O)[C@@H]1O. The van der Waals surface area contributed by atoms with E-state index in [0.717, 1.165) is 5.56 Å². The van der Waals surface area contributed by atoms with Crippen molar-refractivity contribution in [3.63, 3.8) is 0 Å². The fourth-order valence-electron chi connectivity index (χ4n) is 2.15. The first-order chi connectivity index (χ1) is 10.5. The standard InChI is InChI=1S/C15H19NO6/c17-8-10-12(19)13(20)14(21)15(22-10)16-11(18)7-6-9-4-2-1-3-5-9/h1-7,10,12-15,17,19-21H,8H2,(H,16,18)/t10-,12-,13+,14+,15-/m1/s1. The Bertz CT molecular complexity index is 518. The van der Waals surface area contributed by atoms with Crippen LogP contribution in [0.5, 0.6) is 0 Å². The monoisotopic (exact) mass is 309 g/mol. The van der Waals surface area contributed by atoms with Gasteiger partial charge in [0, 0.05) is 6.08 Å². The van der Waals surface area contributed by atoms with Gasteiger partial charge in [-0.05, 0) is 11.6 Å². The summed E-state index contributed by atoms with van der Waals surface area (Å²) in [5.74, 6) is -0.534. The first-order valence-corrected chi connectivity index (χ1v) is 6.87. The molecule has 5 atom stereocenters. The summed E-state index contributed by atoms with van der Waals surface area (Å²) < 4.78 is 5.18. The molecule has 1 heterocycles.